The van der Waals surface area contributed by atoms with Gasteiger partial charge in [-0.2, -0.15) is 0 Å². The molecule has 2 N–H and O–H groups in total. The van der Waals surface area contributed by atoms with Crippen molar-refractivity contribution in [3.63, 3.8) is 0 Å². The third kappa shape index (κ3) is 5.56. The maximum atomic E-state index is 13.1. The van der Waals surface area contributed by atoms with Crippen molar-refractivity contribution < 1.29 is 19.4 Å². The Hall–Kier alpha value is -4.96. The minimum absolute atomic E-state index is 0.00162. The smallest absolute Gasteiger partial charge is 0.275 e. The lowest BCUT2D eigenvalue weighted by Crippen LogP contribution is -2.39. The standard InChI is InChI=1S/C35H31N5O4/c1-22-32(19-40-21-37-29-11-4-5-12-31(29)40)43-35(44-33(22)24-15-13-23(20-41)14-16-24)25-7-6-8-26(17-25)38-34(42)30-18-36-27-9-2-3-10-28(27)39-30/h2-18,21-22,32-33,35,41H,19-20H2,1H3,(H,38,42). The number of rotatable bonds is 7. The Bertz CT molecular complexity index is 1940. The molecule has 0 radical (unpaired) electrons. The second-order valence-electron chi connectivity index (χ2n) is 11.0. The Morgan fingerprint density at radius 3 is 2.45 bits per heavy atom. The fraction of sp³-hybridized carbons (Fsp3) is 0.200. The summed E-state index contributed by atoms with van der Waals surface area (Å²) < 4.78 is 15.4. The van der Waals surface area contributed by atoms with Gasteiger partial charge in [0.1, 0.15) is 5.69 Å². The van der Waals surface area contributed by atoms with E-state index in [2.05, 4.69) is 37.8 Å². The topological polar surface area (TPSA) is 111 Å². The number of ether oxygens (including phenoxy) is 2. The van der Waals surface area contributed by atoms with E-state index >= 15 is 0 Å². The largest absolute Gasteiger partial charge is 0.392 e. The zero-order valence-corrected chi connectivity index (χ0v) is 24.1. The number of para-hydroxylation sites is 4. The van der Waals surface area contributed by atoms with Crippen molar-refractivity contribution in [1.29, 1.82) is 0 Å². The van der Waals surface area contributed by atoms with E-state index < -0.39 is 6.29 Å². The van der Waals surface area contributed by atoms with E-state index in [4.69, 9.17) is 9.47 Å². The van der Waals surface area contributed by atoms with Crippen LogP contribution in [0.5, 0.6) is 0 Å². The zero-order chi connectivity index (χ0) is 30.0. The molecule has 4 aromatic carbocycles. The average Bonchev–Trinajstić information content (AvgIpc) is 3.48. The number of nitrogens with one attached hydrogen (secondary N) is 1. The fourth-order valence-electron chi connectivity index (χ4n) is 5.70. The Balaban J connectivity index is 1.17. The van der Waals surface area contributed by atoms with E-state index in [1.54, 1.807) is 0 Å². The van der Waals surface area contributed by atoms with Crippen molar-refractivity contribution in [3.8, 4) is 0 Å². The van der Waals surface area contributed by atoms with Gasteiger partial charge in [0.05, 0.1) is 60.0 Å². The lowest BCUT2D eigenvalue weighted by atomic mass is 9.90. The van der Waals surface area contributed by atoms with E-state index in [0.29, 0.717) is 17.7 Å². The Morgan fingerprint density at radius 1 is 0.864 bits per heavy atom. The number of benzene rings is 4. The van der Waals surface area contributed by atoms with Crippen LogP contribution in [0.4, 0.5) is 5.69 Å². The molecule has 9 heteroatoms. The molecule has 1 aliphatic rings. The summed E-state index contributed by atoms with van der Waals surface area (Å²) in [6.07, 6.45) is 2.16. The number of carbonyl (C=O) groups is 1. The molecule has 4 unspecified atom stereocenters. The molecule has 0 saturated carbocycles. The Morgan fingerprint density at radius 2 is 1.64 bits per heavy atom. The molecule has 1 amide bonds. The van der Waals surface area contributed by atoms with E-state index in [9.17, 15) is 9.90 Å². The SMILES string of the molecule is CC1C(Cn2cnc3ccccc32)OC(c2cccc(NC(=O)c3cnc4ccccc4n3)c2)OC1c1ccc(CO)cc1. The highest BCUT2D eigenvalue weighted by Crippen LogP contribution is 2.42. The van der Waals surface area contributed by atoms with Crippen LogP contribution in [0.25, 0.3) is 22.1 Å². The van der Waals surface area contributed by atoms with Gasteiger partial charge in [-0.1, -0.05) is 67.6 Å². The van der Waals surface area contributed by atoms with Crippen molar-refractivity contribution >= 4 is 33.7 Å². The number of carbonyl (C=O) groups excluding carboxylic acids is 1. The Kier molecular flexibility index (Phi) is 7.57. The van der Waals surface area contributed by atoms with Gasteiger partial charge in [-0.3, -0.25) is 9.78 Å². The van der Waals surface area contributed by atoms with Crippen LogP contribution in [0.2, 0.25) is 0 Å². The molecule has 0 bridgehead atoms. The summed E-state index contributed by atoms with van der Waals surface area (Å²) in [5.41, 5.74) is 6.79. The molecule has 6 aromatic rings. The van der Waals surface area contributed by atoms with Crippen LogP contribution in [0.3, 0.4) is 0 Å². The van der Waals surface area contributed by atoms with Crippen LogP contribution in [0.15, 0.2) is 110 Å². The summed E-state index contributed by atoms with van der Waals surface area (Å²) in [7, 11) is 0. The zero-order valence-electron chi connectivity index (χ0n) is 24.1. The second-order valence-corrected chi connectivity index (χ2v) is 11.0. The van der Waals surface area contributed by atoms with Crippen molar-refractivity contribution in [2.24, 2.45) is 5.92 Å². The quantitative estimate of drug-likeness (QED) is 0.229. The third-order valence-electron chi connectivity index (χ3n) is 8.13. The number of hydrogen-bond donors (Lipinski definition) is 2. The van der Waals surface area contributed by atoms with Gasteiger partial charge in [-0.05, 0) is 47.5 Å². The molecule has 0 spiro atoms. The molecule has 44 heavy (non-hydrogen) atoms. The second kappa shape index (κ2) is 12.0. The van der Waals surface area contributed by atoms with Crippen molar-refractivity contribution in [2.75, 3.05) is 5.32 Å². The number of aliphatic hydroxyl groups excluding tert-OH is 1. The van der Waals surface area contributed by atoms with Gasteiger partial charge in [0.25, 0.3) is 5.91 Å². The number of aliphatic hydroxyl groups is 1. The molecule has 220 valence electrons. The predicted octanol–water partition coefficient (Wildman–Crippen LogP) is 6.22. The maximum absolute atomic E-state index is 13.1. The van der Waals surface area contributed by atoms with Gasteiger partial charge in [0, 0.05) is 17.2 Å². The van der Waals surface area contributed by atoms with Crippen molar-refractivity contribution in [3.05, 3.63) is 132 Å². The van der Waals surface area contributed by atoms with Crippen LogP contribution in [-0.4, -0.2) is 36.6 Å². The van der Waals surface area contributed by atoms with Crippen LogP contribution >= 0.6 is 0 Å². The molecule has 2 aromatic heterocycles. The summed E-state index contributed by atoms with van der Waals surface area (Å²) in [5.74, 6) is -0.354. The van der Waals surface area contributed by atoms with Gasteiger partial charge >= 0.3 is 0 Å². The molecule has 7 rings (SSSR count). The fourth-order valence-corrected chi connectivity index (χ4v) is 5.70. The first-order chi connectivity index (χ1) is 21.6. The number of amides is 1. The maximum Gasteiger partial charge on any atom is 0.275 e. The van der Waals surface area contributed by atoms with E-state index in [-0.39, 0.29) is 36.3 Å². The van der Waals surface area contributed by atoms with E-state index in [1.165, 1.54) is 6.20 Å². The molecule has 1 saturated heterocycles. The van der Waals surface area contributed by atoms with Gasteiger partial charge in [0.15, 0.2) is 6.29 Å². The number of aromatic nitrogens is 4. The lowest BCUT2D eigenvalue weighted by Gasteiger charge is -2.41. The molecule has 0 aliphatic carbocycles. The summed E-state index contributed by atoms with van der Waals surface area (Å²) in [5, 5.41) is 12.5. The summed E-state index contributed by atoms with van der Waals surface area (Å²) in [6.45, 7) is 2.70. The summed E-state index contributed by atoms with van der Waals surface area (Å²) in [4.78, 5) is 26.5. The van der Waals surface area contributed by atoms with E-state index in [1.807, 2.05) is 97.3 Å². The summed E-state index contributed by atoms with van der Waals surface area (Å²) in [6, 6.07) is 30.8. The highest BCUT2D eigenvalue weighted by Gasteiger charge is 2.38. The number of hydrogen-bond acceptors (Lipinski definition) is 7. The van der Waals surface area contributed by atoms with Gasteiger partial charge in [0.2, 0.25) is 0 Å². The van der Waals surface area contributed by atoms with Crippen LogP contribution in [0, 0.1) is 5.92 Å². The lowest BCUT2D eigenvalue weighted by molar-refractivity contribution is -0.276. The minimum Gasteiger partial charge on any atom is -0.392 e. The molecule has 4 atom stereocenters. The molecular formula is C35H31N5O4. The first-order valence-corrected chi connectivity index (χ1v) is 14.6. The number of fused-ring (bicyclic) bond motifs is 2. The van der Waals surface area contributed by atoms with Gasteiger partial charge < -0.3 is 24.5 Å². The molecule has 9 nitrogen and oxygen atoms in total. The number of imidazole rings is 1. The molecular weight excluding hydrogens is 554 g/mol. The van der Waals surface area contributed by atoms with Crippen LogP contribution in [0.1, 0.15) is 46.5 Å². The minimum atomic E-state index is -0.689. The normalized spacial score (nSPS) is 20.1. The third-order valence-corrected chi connectivity index (χ3v) is 8.13. The predicted molar refractivity (Wildman–Crippen MR) is 167 cm³/mol. The number of anilines is 1. The van der Waals surface area contributed by atoms with Gasteiger partial charge in [-0.15, -0.1) is 0 Å². The molecule has 1 aliphatic heterocycles. The first kappa shape index (κ1) is 27.8. The first-order valence-electron chi connectivity index (χ1n) is 14.6. The van der Waals surface area contributed by atoms with Gasteiger partial charge in [-0.25, -0.2) is 9.97 Å². The molecule has 1 fully saturated rings. The summed E-state index contributed by atoms with van der Waals surface area (Å²) >= 11 is 0. The number of nitrogens with zero attached hydrogens (tertiary/aromatic N) is 4. The van der Waals surface area contributed by atoms with E-state index in [0.717, 1.165) is 33.2 Å². The highest BCUT2D eigenvalue weighted by atomic mass is 16.7. The van der Waals surface area contributed by atoms with Crippen molar-refractivity contribution in [1.82, 2.24) is 19.5 Å². The van der Waals surface area contributed by atoms with Crippen molar-refractivity contribution in [2.45, 2.75) is 38.6 Å². The van der Waals surface area contributed by atoms with Crippen LogP contribution in [-0.2, 0) is 22.6 Å². The monoisotopic (exact) mass is 585 g/mol. The van der Waals surface area contributed by atoms with Crippen LogP contribution < -0.4 is 5.32 Å². The molecule has 3 heterocycles. The average molecular weight is 586 g/mol. The highest BCUT2D eigenvalue weighted by molar-refractivity contribution is 6.03. The Labute approximate surface area is 254 Å².